The van der Waals surface area contributed by atoms with E-state index in [-0.39, 0.29) is 17.6 Å². The molecule has 1 aromatic heterocycles. The Hall–Kier alpha value is -2.48. The highest BCUT2D eigenvalue weighted by Crippen LogP contribution is 2.25. The lowest BCUT2D eigenvalue weighted by Crippen LogP contribution is -2.45. The average Bonchev–Trinajstić information content (AvgIpc) is 2.84. The summed E-state index contributed by atoms with van der Waals surface area (Å²) in [4.78, 5) is 19.9. The minimum Gasteiger partial charge on any atom is -0.369 e. The first-order valence-corrected chi connectivity index (χ1v) is 13.0. The number of piperidine rings is 2. The Morgan fingerprint density at radius 1 is 1.14 bits per heavy atom. The summed E-state index contributed by atoms with van der Waals surface area (Å²) in [6, 6.07) is 11.7. The van der Waals surface area contributed by atoms with Gasteiger partial charge in [0, 0.05) is 31.5 Å². The fraction of sp³-hybridized carbons (Fsp3) is 0.571. The maximum absolute atomic E-state index is 13.0. The first kappa shape index (κ1) is 25.6. The van der Waals surface area contributed by atoms with E-state index in [9.17, 15) is 4.79 Å². The smallest absolute Gasteiger partial charge is 0.259 e. The number of hydrogen-bond acceptors (Lipinski definition) is 6. The van der Waals surface area contributed by atoms with Crippen LogP contribution >= 0.6 is 0 Å². The van der Waals surface area contributed by atoms with Gasteiger partial charge in [0.25, 0.3) is 5.91 Å². The van der Waals surface area contributed by atoms with Gasteiger partial charge in [-0.2, -0.15) is 0 Å². The Labute approximate surface area is 210 Å². The minimum absolute atomic E-state index is 0.0782. The summed E-state index contributed by atoms with van der Waals surface area (Å²) >= 11 is 0. The molecule has 0 bridgehead atoms. The van der Waals surface area contributed by atoms with E-state index < -0.39 is 0 Å². The minimum atomic E-state index is -0.155. The zero-order chi connectivity index (χ0) is 24.8. The Kier molecular flexibility index (Phi) is 8.42. The fourth-order valence-corrected chi connectivity index (χ4v) is 4.82. The molecule has 2 fully saturated rings. The number of pyridine rings is 1. The lowest BCUT2D eigenvalue weighted by atomic mass is 9.87. The molecule has 2 aliphatic rings. The second kappa shape index (κ2) is 11.5. The molecule has 2 aromatic rings. The number of ether oxygens (including phenoxy) is 1. The normalized spacial score (nSPS) is 22.1. The molecule has 35 heavy (non-hydrogen) atoms. The predicted octanol–water partition coefficient (Wildman–Crippen LogP) is 4.48. The van der Waals surface area contributed by atoms with Gasteiger partial charge in [0.2, 0.25) is 0 Å². The third-order valence-corrected chi connectivity index (χ3v) is 7.11. The highest BCUT2D eigenvalue weighted by atomic mass is 16.5. The van der Waals surface area contributed by atoms with E-state index in [1.165, 1.54) is 5.56 Å². The zero-order valence-electron chi connectivity index (χ0n) is 21.6. The monoisotopic (exact) mass is 479 g/mol. The fourth-order valence-electron chi connectivity index (χ4n) is 4.82. The van der Waals surface area contributed by atoms with Gasteiger partial charge in [-0.1, -0.05) is 32.9 Å². The van der Waals surface area contributed by atoms with Crippen LogP contribution in [0.25, 0.3) is 0 Å². The number of carbonyl (C=O) groups is 1. The summed E-state index contributed by atoms with van der Waals surface area (Å²) in [5.41, 5.74) is 2.65. The number of carbonyl (C=O) groups excluding carboxylic acids is 1. The van der Waals surface area contributed by atoms with Gasteiger partial charge in [-0.25, -0.2) is 4.98 Å². The van der Waals surface area contributed by atoms with Crippen molar-refractivity contribution in [2.24, 2.45) is 5.92 Å². The molecule has 3 heterocycles. The zero-order valence-corrected chi connectivity index (χ0v) is 21.6. The Morgan fingerprint density at radius 3 is 2.60 bits per heavy atom. The van der Waals surface area contributed by atoms with Gasteiger partial charge in [-0.3, -0.25) is 10.1 Å². The molecular formula is C28H41N5O2. The van der Waals surface area contributed by atoms with Gasteiger partial charge in [0.05, 0.1) is 11.7 Å². The molecule has 0 aliphatic carbocycles. The van der Waals surface area contributed by atoms with Crippen LogP contribution in [0.5, 0.6) is 0 Å². The average molecular weight is 480 g/mol. The number of likely N-dealkylation sites (tertiary alicyclic amines) is 1. The van der Waals surface area contributed by atoms with E-state index in [1.54, 1.807) is 12.3 Å². The number of rotatable bonds is 7. The molecule has 7 heteroatoms. The molecule has 1 amide bonds. The van der Waals surface area contributed by atoms with E-state index in [0.29, 0.717) is 23.4 Å². The molecule has 7 nitrogen and oxygen atoms in total. The van der Waals surface area contributed by atoms with Crippen LogP contribution in [0.3, 0.4) is 0 Å². The van der Waals surface area contributed by atoms with Gasteiger partial charge < -0.3 is 20.3 Å². The molecule has 0 saturated carbocycles. The number of anilines is 2. The highest BCUT2D eigenvalue weighted by Gasteiger charge is 2.26. The third kappa shape index (κ3) is 7.26. The van der Waals surface area contributed by atoms with Gasteiger partial charge in [-0.05, 0) is 80.4 Å². The molecule has 0 radical (unpaired) electrons. The number of nitrogens with one attached hydrogen (secondary N) is 3. The molecule has 2 aliphatic heterocycles. The lowest BCUT2D eigenvalue weighted by Gasteiger charge is -2.36. The van der Waals surface area contributed by atoms with Crippen LogP contribution in [0.15, 0.2) is 42.6 Å². The number of hydrogen-bond donors (Lipinski definition) is 3. The summed E-state index contributed by atoms with van der Waals surface area (Å²) in [7, 11) is 2.17. The van der Waals surface area contributed by atoms with Crippen molar-refractivity contribution in [2.45, 2.75) is 64.2 Å². The van der Waals surface area contributed by atoms with E-state index in [1.807, 2.05) is 18.2 Å². The van der Waals surface area contributed by atoms with Crippen LogP contribution in [0.1, 0.15) is 62.4 Å². The maximum Gasteiger partial charge on any atom is 0.259 e. The Balaban J connectivity index is 1.31. The molecule has 1 aromatic carbocycles. The van der Waals surface area contributed by atoms with Crippen molar-refractivity contribution >= 4 is 17.4 Å². The van der Waals surface area contributed by atoms with Gasteiger partial charge in [-0.15, -0.1) is 0 Å². The van der Waals surface area contributed by atoms with Crippen molar-refractivity contribution in [3.05, 3.63) is 53.7 Å². The van der Waals surface area contributed by atoms with Crippen molar-refractivity contribution < 1.29 is 9.53 Å². The number of benzene rings is 1. The van der Waals surface area contributed by atoms with Gasteiger partial charge in [0.15, 0.2) is 0 Å². The predicted molar refractivity (Wildman–Crippen MR) is 142 cm³/mol. The number of nitrogens with zero attached hydrogens (tertiary/aromatic N) is 2. The Morgan fingerprint density at radius 2 is 1.89 bits per heavy atom. The van der Waals surface area contributed by atoms with Crippen LogP contribution in [0.2, 0.25) is 0 Å². The number of aromatic nitrogens is 1. The summed E-state index contributed by atoms with van der Waals surface area (Å²) in [6.07, 6.45) is 6.42. The first-order valence-electron chi connectivity index (χ1n) is 13.0. The van der Waals surface area contributed by atoms with E-state index >= 15 is 0 Å². The molecule has 4 rings (SSSR count). The summed E-state index contributed by atoms with van der Waals surface area (Å²) in [6.45, 7) is 10.5. The van der Waals surface area contributed by atoms with Crippen LogP contribution in [-0.2, 0) is 10.2 Å². The van der Waals surface area contributed by atoms with E-state index in [0.717, 1.165) is 57.5 Å². The van der Waals surface area contributed by atoms with Crippen molar-refractivity contribution in [2.75, 3.05) is 43.9 Å². The lowest BCUT2D eigenvalue weighted by molar-refractivity contribution is -0.0716. The third-order valence-electron chi connectivity index (χ3n) is 7.11. The molecule has 2 unspecified atom stereocenters. The molecule has 190 valence electrons. The molecule has 3 N–H and O–H groups in total. The SMILES string of the molecule is CN1CCC(OC2CC(CNc3ncccc3C(=O)Nc3ccc(C(C)(C)C)cc3)CCN2)CC1. The van der Waals surface area contributed by atoms with Crippen molar-refractivity contribution in [1.29, 1.82) is 0 Å². The topological polar surface area (TPSA) is 78.5 Å². The summed E-state index contributed by atoms with van der Waals surface area (Å²) in [5.74, 6) is 0.941. The molecule has 0 spiro atoms. The van der Waals surface area contributed by atoms with Crippen LogP contribution in [0.4, 0.5) is 11.5 Å². The number of amides is 1. The van der Waals surface area contributed by atoms with E-state index in [4.69, 9.17) is 4.74 Å². The van der Waals surface area contributed by atoms with E-state index in [2.05, 4.69) is 65.8 Å². The molecule has 2 saturated heterocycles. The first-order chi connectivity index (χ1) is 16.8. The van der Waals surface area contributed by atoms with Crippen molar-refractivity contribution in [3.63, 3.8) is 0 Å². The summed E-state index contributed by atoms with van der Waals surface area (Å²) < 4.78 is 6.38. The van der Waals surface area contributed by atoms with Crippen LogP contribution in [-0.4, -0.2) is 61.3 Å². The largest absolute Gasteiger partial charge is 0.369 e. The molecular weight excluding hydrogens is 438 g/mol. The van der Waals surface area contributed by atoms with Crippen LogP contribution in [0, 0.1) is 5.92 Å². The van der Waals surface area contributed by atoms with Crippen molar-refractivity contribution in [1.82, 2.24) is 15.2 Å². The standard InChI is InChI=1S/C28H41N5O2/c1-28(2,3)21-7-9-22(10-8-21)32-27(34)24-6-5-14-30-26(24)31-19-20-11-15-29-25(18-20)35-23-12-16-33(4)17-13-23/h5-10,14,20,23,25,29H,11-13,15-19H2,1-4H3,(H,30,31)(H,32,34). The quantitative estimate of drug-likeness (QED) is 0.544. The van der Waals surface area contributed by atoms with Gasteiger partial charge in [0.1, 0.15) is 12.0 Å². The second-order valence-corrected chi connectivity index (χ2v) is 11.0. The van der Waals surface area contributed by atoms with Crippen molar-refractivity contribution in [3.8, 4) is 0 Å². The highest BCUT2D eigenvalue weighted by molar-refractivity contribution is 6.07. The van der Waals surface area contributed by atoms with Gasteiger partial charge >= 0.3 is 0 Å². The van der Waals surface area contributed by atoms with Crippen LogP contribution < -0.4 is 16.0 Å². The Bertz CT molecular complexity index is 964. The second-order valence-electron chi connectivity index (χ2n) is 11.0. The summed E-state index contributed by atoms with van der Waals surface area (Å²) in [5, 5.41) is 10.00. The maximum atomic E-state index is 13.0. The molecule has 2 atom stereocenters.